The molecule has 3 N–H and O–H groups in total. The highest BCUT2D eigenvalue weighted by atomic mass is 32.2. The van der Waals surface area contributed by atoms with Gasteiger partial charge in [0.05, 0.1) is 17.4 Å². The second-order valence-electron chi connectivity index (χ2n) is 13.3. The van der Waals surface area contributed by atoms with Gasteiger partial charge in [-0.15, -0.1) is 0 Å². The molecule has 1 amide bonds. The third-order valence-electron chi connectivity index (χ3n) is 7.91. The highest BCUT2D eigenvalue weighted by Gasteiger charge is 2.24. The van der Waals surface area contributed by atoms with Gasteiger partial charge < -0.3 is 20.3 Å². The maximum absolute atomic E-state index is 13.1. The Hall–Kier alpha value is -3.33. The highest BCUT2D eigenvalue weighted by Crippen LogP contribution is 2.29. The monoisotopic (exact) mass is 786 g/mol. The SMILES string of the molecule is CC.CC(CCS(C)(=O)=O)C(=O)O.CCC(C)C.COC.Cc1ccccc1-c1cc(CN2CCCC2)ccc1C(=O)NC(CCS(C)(=O)=O)C(=O)O. The number of amides is 1. The number of ether oxygens (including phenoxy) is 1. The maximum Gasteiger partial charge on any atom is 0.326 e. The first-order valence-corrected chi connectivity index (χ1v) is 22.2. The van der Waals surface area contributed by atoms with Gasteiger partial charge >= 0.3 is 11.9 Å². The molecule has 1 saturated heterocycles. The van der Waals surface area contributed by atoms with E-state index in [9.17, 15) is 36.3 Å². The lowest BCUT2D eigenvalue weighted by Crippen LogP contribution is -2.42. The largest absolute Gasteiger partial charge is 0.481 e. The van der Waals surface area contributed by atoms with Crippen LogP contribution in [0.25, 0.3) is 11.1 Å². The van der Waals surface area contributed by atoms with E-state index < -0.39 is 49.5 Å². The van der Waals surface area contributed by atoms with E-state index in [1.807, 2.05) is 57.2 Å². The van der Waals surface area contributed by atoms with Crippen LogP contribution in [0.1, 0.15) is 95.1 Å². The number of sulfone groups is 2. The zero-order valence-corrected chi connectivity index (χ0v) is 35.4. The van der Waals surface area contributed by atoms with Crippen LogP contribution >= 0.6 is 0 Å². The van der Waals surface area contributed by atoms with E-state index in [0.717, 1.165) is 60.3 Å². The molecule has 3 rings (SSSR count). The summed E-state index contributed by atoms with van der Waals surface area (Å²) in [7, 11) is -3.11. The Balaban J connectivity index is 0. The zero-order chi connectivity index (χ0) is 41.4. The van der Waals surface area contributed by atoms with Crippen molar-refractivity contribution >= 4 is 37.5 Å². The number of nitrogens with one attached hydrogen (secondary N) is 1. The Morgan fingerprint density at radius 2 is 1.32 bits per heavy atom. The molecule has 2 atom stereocenters. The van der Waals surface area contributed by atoms with Crippen molar-refractivity contribution in [3.05, 3.63) is 59.2 Å². The summed E-state index contributed by atoms with van der Waals surface area (Å²) in [6.45, 7) is 17.0. The lowest BCUT2D eigenvalue weighted by atomic mass is 9.93. The van der Waals surface area contributed by atoms with Crippen LogP contribution < -0.4 is 5.32 Å². The molecule has 1 aliphatic heterocycles. The first kappa shape index (κ1) is 51.8. The van der Waals surface area contributed by atoms with Crippen molar-refractivity contribution in [3.8, 4) is 11.1 Å². The number of likely N-dealkylation sites (tertiary alicyclic amines) is 1. The molecule has 0 saturated carbocycles. The molecule has 0 aliphatic carbocycles. The smallest absolute Gasteiger partial charge is 0.326 e. The molecule has 1 heterocycles. The number of nitrogens with zero attached hydrogens (tertiary/aromatic N) is 1. The molecule has 14 heteroatoms. The summed E-state index contributed by atoms with van der Waals surface area (Å²) >= 11 is 0. The summed E-state index contributed by atoms with van der Waals surface area (Å²) in [5.41, 5.74) is 4.11. The first-order chi connectivity index (χ1) is 24.6. The van der Waals surface area contributed by atoms with E-state index in [2.05, 4.69) is 35.7 Å². The van der Waals surface area contributed by atoms with Gasteiger partial charge in [-0.3, -0.25) is 14.5 Å². The van der Waals surface area contributed by atoms with Crippen molar-refractivity contribution in [1.29, 1.82) is 0 Å². The molecule has 2 unspecified atom stereocenters. The molecular formula is C39H66N2O10S2. The van der Waals surface area contributed by atoms with E-state index >= 15 is 0 Å². The third-order valence-corrected chi connectivity index (χ3v) is 9.86. The number of benzene rings is 2. The second-order valence-corrected chi connectivity index (χ2v) is 17.8. The molecule has 304 valence electrons. The Morgan fingerprint density at radius 1 is 0.830 bits per heavy atom. The summed E-state index contributed by atoms with van der Waals surface area (Å²) in [6, 6.07) is 12.1. The molecule has 0 aromatic heterocycles. The van der Waals surface area contributed by atoms with Crippen LogP contribution in [0.5, 0.6) is 0 Å². The average Bonchev–Trinajstić information content (AvgIpc) is 3.59. The lowest BCUT2D eigenvalue weighted by Gasteiger charge is -2.19. The minimum absolute atomic E-state index is 0.0551. The number of methoxy groups -OCH3 is 1. The molecular weight excluding hydrogens is 721 g/mol. The summed E-state index contributed by atoms with van der Waals surface area (Å²) in [5, 5.41) is 20.4. The van der Waals surface area contributed by atoms with Gasteiger partial charge in [-0.25, -0.2) is 21.6 Å². The van der Waals surface area contributed by atoms with E-state index in [4.69, 9.17) is 5.11 Å². The van der Waals surface area contributed by atoms with Gasteiger partial charge in [0.25, 0.3) is 5.91 Å². The van der Waals surface area contributed by atoms with Gasteiger partial charge in [0.1, 0.15) is 25.7 Å². The quantitative estimate of drug-likeness (QED) is 0.194. The molecule has 53 heavy (non-hydrogen) atoms. The lowest BCUT2D eigenvalue weighted by molar-refractivity contribution is -0.141. The van der Waals surface area contributed by atoms with Crippen molar-refractivity contribution < 1.29 is 46.2 Å². The average molecular weight is 787 g/mol. The van der Waals surface area contributed by atoms with Gasteiger partial charge in [0.15, 0.2) is 0 Å². The van der Waals surface area contributed by atoms with E-state index in [0.29, 0.717) is 5.56 Å². The Kier molecular flexibility index (Phi) is 26.7. The van der Waals surface area contributed by atoms with E-state index in [1.165, 1.54) is 26.2 Å². The maximum atomic E-state index is 13.1. The fraction of sp³-hybridized carbons (Fsp3) is 0.615. The minimum atomic E-state index is -3.35. The topological polar surface area (TPSA) is 184 Å². The number of carboxylic acids is 2. The predicted octanol–water partition coefficient (Wildman–Crippen LogP) is 6.36. The van der Waals surface area contributed by atoms with Crippen LogP contribution in [0.15, 0.2) is 42.5 Å². The fourth-order valence-electron chi connectivity index (χ4n) is 4.52. The van der Waals surface area contributed by atoms with Crippen molar-refractivity contribution in [2.45, 2.75) is 93.2 Å². The Morgan fingerprint density at radius 3 is 1.75 bits per heavy atom. The molecule has 0 radical (unpaired) electrons. The number of carboxylic acid groups (broad SMARTS) is 2. The fourth-order valence-corrected chi connectivity index (χ4v) is 5.97. The Bertz CT molecular complexity index is 1590. The van der Waals surface area contributed by atoms with Crippen LogP contribution in [-0.4, -0.2) is 107 Å². The summed E-state index contributed by atoms with van der Waals surface area (Å²) in [6.07, 6.45) is 5.83. The highest BCUT2D eigenvalue weighted by molar-refractivity contribution is 7.90. The van der Waals surface area contributed by atoms with E-state index in [1.54, 1.807) is 20.3 Å². The van der Waals surface area contributed by atoms with Gasteiger partial charge in [-0.2, -0.15) is 0 Å². The zero-order valence-electron chi connectivity index (χ0n) is 33.8. The Labute approximate surface area is 319 Å². The van der Waals surface area contributed by atoms with Crippen molar-refractivity contribution in [1.82, 2.24) is 10.2 Å². The van der Waals surface area contributed by atoms with Crippen LogP contribution in [-0.2, 0) is 40.5 Å². The molecule has 2 aromatic carbocycles. The summed E-state index contributed by atoms with van der Waals surface area (Å²) < 4.78 is 48.3. The van der Waals surface area contributed by atoms with Gasteiger partial charge in [-0.05, 0) is 86.0 Å². The van der Waals surface area contributed by atoms with Gasteiger partial charge in [0, 0.05) is 38.8 Å². The summed E-state index contributed by atoms with van der Waals surface area (Å²) in [4.78, 5) is 37.3. The number of carbonyl (C=O) groups is 3. The summed E-state index contributed by atoms with van der Waals surface area (Å²) in [5.74, 6) is -2.81. The number of rotatable bonds is 14. The van der Waals surface area contributed by atoms with Crippen molar-refractivity contribution in [2.75, 3.05) is 51.3 Å². The molecule has 2 aromatic rings. The number of aryl methyl sites for hydroxylation is 1. The van der Waals surface area contributed by atoms with Crippen molar-refractivity contribution in [3.63, 3.8) is 0 Å². The molecule has 0 bridgehead atoms. The number of aliphatic carboxylic acids is 2. The molecule has 12 nitrogen and oxygen atoms in total. The van der Waals surface area contributed by atoms with Gasteiger partial charge in [-0.1, -0.05) is 78.3 Å². The third kappa shape index (κ3) is 24.6. The standard InChI is InChI=1S/C24H30N2O5S.C6H12O4S.C5H12.C2H6O.C2H6/c1-17-7-3-4-8-19(17)21-15-18(16-26-12-5-6-13-26)9-10-20(21)23(27)25-22(24(28)29)11-14-32(2,30)31;1-5(6(7)8)3-4-11(2,9)10;1-4-5(2)3;1-3-2;1-2/h3-4,7-10,15,22H,5-6,11-14,16H2,1-2H3,(H,25,27)(H,28,29);5H,3-4H2,1-2H3,(H,7,8);5H,4H2,1-3H3;1-2H3;1-2H3. The normalized spacial score (nSPS) is 13.7. The van der Waals surface area contributed by atoms with Gasteiger partial charge in [0.2, 0.25) is 0 Å². The number of carbonyl (C=O) groups excluding carboxylic acids is 1. The van der Waals surface area contributed by atoms with Crippen molar-refractivity contribution in [2.24, 2.45) is 11.8 Å². The molecule has 1 fully saturated rings. The van der Waals surface area contributed by atoms with Crippen LogP contribution in [0, 0.1) is 18.8 Å². The number of hydrogen-bond acceptors (Lipinski definition) is 9. The molecule has 1 aliphatic rings. The van der Waals surface area contributed by atoms with Crippen LogP contribution in [0.2, 0.25) is 0 Å². The number of hydrogen-bond donors (Lipinski definition) is 3. The predicted molar refractivity (Wildman–Crippen MR) is 215 cm³/mol. The van der Waals surface area contributed by atoms with Crippen LogP contribution in [0.4, 0.5) is 0 Å². The van der Waals surface area contributed by atoms with Crippen LogP contribution in [0.3, 0.4) is 0 Å². The second kappa shape index (κ2) is 27.3. The van der Waals surface area contributed by atoms with E-state index in [-0.39, 0.29) is 24.3 Å². The first-order valence-electron chi connectivity index (χ1n) is 18.1. The minimum Gasteiger partial charge on any atom is -0.481 e. The molecule has 0 spiro atoms.